The number of hydrogen-bond acceptors (Lipinski definition) is 3. The van der Waals surface area contributed by atoms with Gasteiger partial charge in [-0.3, -0.25) is 0 Å². The van der Waals surface area contributed by atoms with E-state index in [0.717, 1.165) is 5.56 Å². The van der Waals surface area contributed by atoms with E-state index in [0.29, 0.717) is 31.8 Å². The van der Waals surface area contributed by atoms with Crippen LogP contribution in [0.3, 0.4) is 0 Å². The molecule has 0 radical (unpaired) electrons. The highest BCUT2D eigenvalue weighted by Gasteiger charge is 2.10. The molecule has 0 spiro atoms. The average molecular weight is 304 g/mol. The van der Waals surface area contributed by atoms with Crippen molar-refractivity contribution in [2.75, 3.05) is 13.2 Å². The van der Waals surface area contributed by atoms with Crippen molar-refractivity contribution in [3.63, 3.8) is 0 Å². The Morgan fingerprint density at radius 1 is 1.00 bits per heavy atom. The summed E-state index contributed by atoms with van der Waals surface area (Å²) in [5, 5.41) is 8.98. The van der Waals surface area contributed by atoms with E-state index >= 15 is 0 Å². The number of benzene rings is 2. The summed E-state index contributed by atoms with van der Waals surface area (Å²) in [6, 6.07) is 15.8. The predicted octanol–water partition coefficient (Wildman–Crippen LogP) is 3.56. The van der Waals surface area contributed by atoms with Gasteiger partial charge in [0.1, 0.15) is 18.2 Å². The van der Waals surface area contributed by atoms with E-state index in [2.05, 4.69) is 0 Å². The predicted molar refractivity (Wildman–Crippen MR) is 83.2 cm³/mol. The minimum Gasteiger partial charge on any atom is -0.491 e. The Morgan fingerprint density at radius 2 is 1.73 bits per heavy atom. The molecule has 2 aromatic carbocycles. The van der Waals surface area contributed by atoms with Gasteiger partial charge in [0.15, 0.2) is 0 Å². The maximum atomic E-state index is 12.9. The van der Waals surface area contributed by atoms with Gasteiger partial charge in [0.05, 0.1) is 12.7 Å². The Labute approximate surface area is 130 Å². The fourth-order valence-corrected chi connectivity index (χ4v) is 2.04. The minimum absolute atomic E-state index is 0.114. The zero-order valence-corrected chi connectivity index (χ0v) is 12.5. The molecular formula is C18H21FO3. The average Bonchev–Trinajstić information content (AvgIpc) is 2.56. The molecule has 0 aliphatic rings. The second-order valence-electron chi connectivity index (χ2n) is 5.05. The molecule has 4 heteroatoms. The number of ether oxygens (including phenoxy) is 2. The van der Waals surface area contributed by atoms with Gasteiger partial charge in [-0.15, -0.1) is 0 Å². The van der Waals surface area contributed by atoms with Crippen molar-refractivity contribution in [1.82, 2.24) is 0 Å². The van der Waals surface area contributed by atoms with Gasteiger partial charge >= 0.3 is 0 Å². The van der Waals surface area contributed by atoms with Crippen LogP contribution in [-0.4, -0.2) is 24.4 Å². The summed E-state index contributed by atoms with van der Waals surface area (Å²) in [7, 11) is 0. The molecule has 0 fully saturated rings. The van der Waals surface area contributed by atoms with Gasteiger partial charge < -0.3 is 14.6 Å². The first kappa shape index (κ1) is 16.5. The van der Waals surface area contributed by atoms with E-state index in [1.165, 1.54) is 12.1 Å². The van der Waals surface area contributed by atoms with Crippen LogP contribution in [0.15, 0.2) is 54.6 Å². The van der Waals surface area contributed by atoms with Gasteiger partial charge in [-0.25, -0.2) is 4.39 Å². The second-order valence-corrected chi connectivity index (χ2v) is 5.05. The molecule has 3 nitrogen and oxygen atoms in total. The van der Waals surface area contributed by atoms with Gasteiger partial charge in [-0.05, 0) is 42.7 Å². The molecule has 1 unspecified atom stereocenters. The third kappa shape index (κ3) is 5.84. The number of halogens is 1. The van der Waals surface area contributed by atoms with Crippen molar-refractivity contribution < 1.29 is 19.0 Å². The molecule has 0 saturated carbocycles. The summed E-state index contributed by atoms with van der Waals surface area (Å²) in [6.07, 6.45) is 1.26. The van der Waals surface area contributed by atoms with Crippen molar-refractivity contribution in [3.8, 4) is 5.75 Å². The highest BCUT2D eigenvalue weighted by molar-refractivity contribution is 5.22. The van der Waals surface area contributed by atoms with Gasteiger partial charge in [0, 0.05) is 6.61 Å². The Kier molecular flexibility index (Phi) is 6.87. The molecule has 0 bridgehead atoms. The molecule has 0 aliphatic heterocycles. The first-order chi connectivity index (χ1) is 10.8. The molecule has 1 atom stereocenters. The first-order valence-corrected chi connectivity index (χ1v) is 7.42. The lowest BCUT2D eigenvalue weighted by molar-refractivity contribution is 0.00122. The monoisotopic (exact) mass is 304 g/mol. The van der Waals surface area contributed by atoms with Gasteiger partial charge in [-0.2, -0.15) is 0 Å². The molecule has 0 aromatic heterocycles. The lowest BCUT2D eigenvalue weighted by atomic mass is 10.2. The second kappa shape index (κ2) is 9.18. The van der Waals surface area contributed by atoms with Crippen molar-refractivity contribution in [3.05, 3.63) is 66.0 Å². The smallest absolute Gasteiger partial charge is 0.123 e. The van der Waals surface area contributed by atoms with Crippen LogP contribution in [0, 0.1) is 5.82 Å². The Balaban J connectivity index is 1.84. The van der Waals surface area contributed by atoms with Crippen LogP contribution in [0.4, 0.5) is 4.39 Å². The molecule has 2 aromatic rings. The van der Waals surface area contributed by atoms with E-state index in [9.17, 15) is 4.39 Å². The standard InChI is InChI=1S/C18H21FO3/c19-16-8-10-17(11-9-16)22-14-18(7-4-12-20)21-13-15-5-2-1-3-6-15/h1-3,5-6,8-11,18,20H,4,7,12-14H2. The molecule has 0 aliphatic carbocycles. The maximum absolute atomic E-state index is 12.9. The number of aliphatic hydroxyl groups excluding tert-OH is 1. The van der Waals surface area contributed by atoms with Gasteiger partial charge in [-0.1, -0.05) is 30.3 Å². The minimum atomic E-state index is -0.287. The topological polar surface area (TPSA) is 38.7 Å². The lowest BCUT2D eigenvalue weighted by Gasteiger charge is -2.18. The summed E-state index contributed by atoms with van der Waals surface area (Å²) < 4.78 is 24.4. The van der Waals surface area contributed by atoms with E-state index in [1.807, 2.05) is 30.3 Å². The highest BCUT2D eigenvalue weighted by atomic mass is 19.1. The summed E-state index contributed by atoms with van der Waals surface area (Å²) in [5.74, 6) is 0.322. The zero-order chi connectivity index (χ0) is 15.6. The number of hydrogen-bond donors (Lipinski definition) is 1. The van der Waals surface area contributed by atoms with Gasteiger partial charge in [0.2, 0.25) is 0 Å². The van der Waals surface area contributed by atoms with Crippen LogP contribution >= 0.6 is 0 Å². The third-order valence-electron chi connectivity index (χ3n) is 3.26. The molecular weight excluding hydrogens is 283 g/mol. The Bertz CT molecular complexity index is 528. The molecule has 118 valence electrons. The van der Waals surface area contributed by atoms with E-state index in [1.54, 1.807) is 12.1 Å². The summed E-state index contributed by atoms with van der Waals surface area (Å²) in [6.45, 7) is 1.00. The molecule has 22 heavy (non-hydrogen) atoms. The van der Waals surface area contributed by atoms with E-state index in [-0.39, 0.29) is 18.5 Å². The summed E-state index contributed by atoms with van der Waals surface area (Å²) in [4.78, 5) is 0. The highest BCUT2D eigenvalue weighted by Crippen LogP contribution is 2.14. The SMILES string of the molecule is OCCCC(COc1ccc(F)cc1)OCc1ccccc1. The van der Waals surface area contributed by atoms with Crippen molar-refractivity contribution in [2.24, 2.45) is 0 Å². The molecule has 1 N–H and O–H groups in total. The summed E-state index contributed by atoms with van der Waals surface area (Å²) in [5.41, 5.74) is 1.10. The zero-order valence-electron chi connectivity index (χ0n) is 12.5. The van der Waals surface area contributed by atoms with E-state index in [4.69, 9.17) is 14.6 Å². The Hall–Kier alpha value is -1.91. The number of rotatable bonds is 9. The van der Waals surface area contributed by atoms with Crippen LogP contribution in [0.25, 0.3) is 0 Å². The van der Waals surface area contributed by atoms with Crippen LogP contribution in [0.5, 0.6) is 5.75 Å². The van der Waals surface area contributed by atoms with E-state index < -0.39 is 0 Å². The largest absolute Gasteiger partial charge is 0.491 e. The quantitative estimate of drug-likeness (QED) is 0.770. The van der Waals surface area contributed by atoms with Gasteiger partial charge in [0.25, 0.3) is 0 Å². The number of aliphatic hydroxyl groups is 1. The molecule has 2 rings (SSSR count). The van der Waals surface area contributed by atoms with Crippen LogP contribution in [0.1, 0.15) is 18.4 Å². The van der Waals surface area contributed by atoms with Crippen molar-refractivity contribution in [1.29, 1.82) is 0 Å². The first-order valence-electron chi connectivity index (χ1n) is 7.42. The van der Waals surface area contributed by atoms with Crippen molar-refractivity contribution >= 4 is 0 Å². The fourth-order valence-electron chi connectivity index (χ4n) is 2.04. The molecule has 0 heterocycles. The van der Waals surface area contributed by atoms with Crippen LogP contribution < -0.4 is 4.74 Å². The van der Waals surface area contributed by atoms with Crippen LogP contribution in [-0.2, 0) is 11.3 Å². The van der Waals surface area contributed by atoms with Crippen molar-refractivity contribution in [2.45, 2.75) is 25.6 Å². The molecule has 0 saturated heterocycles. The Morgan fingerprint density at radius 3 is 2.41 bits per heavy atom. The maximum Gasteiger partial charge on any atom is 0.123 e. The summed E-state index contributed by atoms with van der Waals surface area (Å²) >= 11 is 0. The lowest BCUT2D eigenvalue weighted by Crippen LogP contribution is -2.22. The van der Waals surface area contributed by atoms with Crippen LogP contribution in [0.2, 0.25) is 0 Å². The fraction of sp³-hybridized carbons (Fsp3) is 0.333. The molecule has 0 amide bonds. The normalized spacial score (nSPS) is 12.1. The third-order valence-corrected chi connectivity index (χ3v) is 3.26.